The number of hydrogen-bond donors (Lipinski definition) is 1. The first-order valence-electron chi connectivity index (χ1n) is 6.46. The fourth-order valence-corrected chi connectivity index (χ4v) is 2.61. The summed E-state index contributed by atoms with van der Waals surface area (Å²) in [5, 5.41) is 21.5. The van der Waals surface area contributed by atoms with Gasteiger partial charge in [-0.25, -0.2) is 0 Å². The highest BCUT2D eigenvalue weighted by molar-refractivity contribution is 5.57. The summed E-state index contributed by atoms with van der Waals surface area (Å²) in [5.74, 6) is -1.01. The number of alkyl halides is 3. The zero-order valence-electron chi connectivity index (χ0n) is 11.9. The lowest BCUT2D eigenvalue weighted by Crippen LogP contribution is -2.25. The van der Waals surface area contributed by atoms with Crippen molar-refractivity contribution < 1.29 is 13.2 Å². The molecule has 1 aromatic rings. The van der Waals surface area contributed by atoms with Gasteiger partial charge in [0, 0.05) is 11.4 Å². The van der Waals surface area contributed by atoms with E-state index < -0.39 is 17.7 Å². The summed E-state index contributed by atoms with van der Waals surface area (Å²) in [6.45, 7) is 3.22. The first kappa shape index (κ1) is 15.7. The molecular weight excluding hydrogens is 291 g/mol. The summed E-state index contributed by atoms with van der Waals surface area (Å²) in [4.78, 5) is 0. The van der Waals surface area contributed by atoms with Gasteiger partial charge in [0.25, 0.3) is 0 Å². The number of allylic oxidation sites excluding steroid dienone is 4. The number of dihydropyridines is 1. The summed E-state index contributed by atoms with van der Waals surface area (Å²) in [6, 6.07) is 8.90. The molecule has 6 heteroatoms. The molecule has 112 valence electrons. The standard InChI is InChI=1S/C16H12F3N3/c1-9-12(7-20)15(13(8-21)10(2)22-9)11-5-3-4-6-14(11)16(17,18)19/h3-6,15,22H,1-2H3. The summed E-state index contributed by atoms with van der Waals surface area (Å²) >= 11 is 0. The second-order valence-electron chi connectivity index (χ2n) is 4.94. The van der Waals surface area contributed by atoms with Crippen LogP contribution < -0.4 is 5.32 Å². The topological polar surface area (TPSA) is 59.6 Å². The van der Waals surface area contributed by atoms with E-state index in [1.165, 1.54) is 18.2 Å². The van der Waals surface area contributed by atoms with Crippen LogP contribution in [0.5, 0.6) is 0 Å². The van der Waals surface area contributed by atoms with Crippen LogP contribution >= 0.6 is 0 Å². The summed E-state index contributed by atoms with van der Waals surface area (Å²) in [7, 11) is 0. The number of nitriles is 2. The molecule has 0 spiro atoms. The Balaban J connectivity index is 2.76. The number of halogens is 3. The van der Waals surface area contributed by atoms with Gasteiger partial charge in [-0.3, -0.25) is 0 Å². The third-order valence-corrected chi connectivity index (χ3v) is 3.58. The van der Waals surface area contributed by atoms with Gasteiger partial charge >= 0.3 is 6.18 Å². The maximum atomic E-state index is 13.2. The van der Waals surface area contributed by atoms with Crippen LogP contribution in [0.15, 0.2) is 46.8 Å². The van der Waals surface area contributed by atoms with Crippen molar-refractivity contribution in [2.45, 2.75) is 25.9 Å². The zero-order chi connectivity index (χ0) is 16.5. The van der Waals surface area contributed by atoms with Crippen LogP contribution in [0.2, 0.25) is 0 Å². The molecule has 22 heavy (non-hydrogen) atoms. The average molecular weight is 303 g/mol. The molecule has 0 fully saturated rings. The molecule has 0 atom stereocenters. The number of nitrogens with zero attached hydrogens (tertiary/aromatic N) is 2. The monoisotopic (exact) mass is 303 g/mol. The van der Waals surface area contributed by atoms with Gasteiger partial charge in [0.15, 0.2) is 0 Å². The molecule has 1 heterocycles. The highest BCUT2D eigenvalue weighted by atomic mass is 19.4. The minimum absolute atomic E-state index is 0.0803. The Kier molecular flexibility index (Phi) is 3.97. The lowest BCUT2D eigenvalue weighted by molar-refractivity contribution is -0.138. The van der Waals surface area contributed by atoms with Crippen LogP contribution in [-0.2, 0) is 6.18 Å². The van der Waals surface area contributed by atoms with Gasteiger partial charge in [-0.15, -0.1) is 0 Å². The van der Waals surface area contributed by atoms with Crippen molar-refractivity contribution >= 4 is 0 Å². The minimum atomic E-state index is -4.55. The van der Waals surface area contributed by atoms with Gasteiger partial charge in [0.2, 0.25) is 0 Å². The van der Waals surface area contributed by atoms with E-state index in [9.17, 15) is 23.7 Å². The molecule has 1 aliphatic heterocycles. The maximum Gasteiger partial charge on any atom is 0.416 e. The second-order valence-corrected chi connectivity index (χ2v) is 4.94. The fraction of sp³-hybridized carbons (Fsp3) is 0.250. The molecule has 0 saturated carbocycles. The third kappa shape index (κ3) is 2.56. The highest BCUT2D eigenvalue weighted by Crippen LogP contribution is 2.43. The normalized spacial score (nSPS) is 16.1. The van der Waals surface area contributed by atoms with Crippen LogP contribution in [0.1, 0.15) is 30.9 Å². The number of benzene rings is 1. The first-order valence-corrected chi connectivity index (χ1v) is 6.46. The Bertz CT molecular complexity index is 722. The van der Waals surface area contributed by atoms with Crippen LogP contribution in [0.4, 0.5) is 13.2 Å². The smallest absolute Gasteiger partial charge is 0.361 e. The Morgan fingerprint density at radius 3 is 1.95 bits per heavy atom. The number of rotatable bonds is 1. The molecule has 2 rings (SSSR count). The highest BCUT2D eigenvalue weighted by Gasteiger charge is 2.38. The molecule has 0 aliphatic carbocycles. The molecule has 0 unspecified atom stereocenters. The largest absolute Gasteiger partial charge is 0.416 e. The van der Waals surface area contributed by atoms with Gasteiger partial charge in [-0.1, -0.05) is 18.2 Å². The van der Waals surface area contributed by atoms with Gasteiger partial charge in [0.1, 0.15) is 0 Å². The SMILES string of the molecule is CC1=C(C#N)C(c2ccccc2C(F)(F)F)C(C#N)=C(C)N1. The molecule has 0 saturated heterocycles. The number of nitrogens with one attached hydrogen (secondary N) is 1. The van der Waals surface area contributed by atoms with Gasteiger partial charge < -0.3 is 5.32 Å². The number of hydrogen-bond acceptors (Lipinski definition) is 3. The van der Waals surface area contributed by atoms with Crippen molar-refractivity contribution in [1.29, 1.82) is 10.5 Å². The predicted octanol–water partition coefficient (Wildman–Crippen LogP) is 3.99. The van der Waals surface area contributed by atoms with Crippen molar-refractivity contribution in [1.82, 2.24) is 5.32 Å². The van der Waals surface area contributed by atoms with Gasteiger partial charge in [-0.05, 0) is 25.5 Å². The van der Waals surface area contributed by atoms with Gasteiger partial charge in [-0.2, -0.15) is 23.7 Å². The van der Waals surface area contributed by atoms with Crippen LogP contribution in [-0.4, -0.2) is 0 Å². The Morgan fingerprint density at radius 2 is 1.50 bits per heavy atom. The predicted molar refractivity (Wildman–Crippen MR) is 73.9 cm³/mol. The zero-order valence-corrected chi connectivity index (χ0v) is 11.9. The summed E-state index contributed by atoms with van der Waals surface area (Å²) in [6.07, 6.45) is -4.55. The van der Waals surface area contributed by atoms with Crippen molar-refractivity contribution in [2.75, 3.05) is 0 Å². The average Bonchev–Trinajstić information content (AvgIpc) is 2.45. The maximum absolute atomic E-state index is 13.2. The van der Waals surface area contributed by atoms with Crippen molar-refractivity contribution in [2.24, 2.45) is 0 Å². The van der Waals surface area contributed by atoms with Crippen molar-refractivity contribution in [3.63, 3.8) is 0 Å². The Hall–Kier alpha value is -2.73. The summed E-state index contributed by atoms with van der Waals surface area (Å²) in [5.41, 5.74) is 0.256. The molecule has 0 amide bonds. The van der Waals surface area contributed by atoms with E-state index in [0.29, 0.717) is 11.4 Å². The molecule has 0 bridgehead atoms. The molecular formula is C16H12F3N3. The van der Waals surface area contributed by atoms with E-state index in [-0.39, 0.29) is 16.7 Å². The van der Waals surface area contributed by atoms with E-state index in [1.807, 2.05) is 12.1 Å². The molecule has 1 aromatic carbocycles. The van der Waals surface area contributed by atoms with Crippen LogP contribution in [0, 0.1) is 22.7 Å². The van der Waals surface area contributed by atoms with Crippen molar-refractivity contribution in [3.8, 4) is 12.1 Å². The second kappa shape index (κ2) is 5.57. The van der Waals surface area contributed by atoms with Gasteiger partial charge in [0.05, 0.1) is 34.8 Å². The molecule has 1 aliphatic rings. The van der Waals surface area contributed by atoms with Crippen LogP contribution in [0.25, 0.3) is 0 Å². The Morgan fingerprint density at radius 1 is 1.00 bits per heavy atom. The molecule has 3 nitrogen and oxygen atoms in total. The van der Waals surface area contributed by atoms with E-state index in [1.54, 1.807) is 13.8 Å². The van der Waals surface area contributed by atoms with E-state index >= 15 is 0 Å². The van der Waals surface area contributed by atoms with E-state index in [4.69, 9.17) is 0 Å². The molecule has 0 radical (unpaired) electrons. The van der Waals surface area contributed by atoms with E-state index in [2.05, 4.69) is 5.32 Å². The first-order chi connectivity index (χ1) is 10.3. The van der Waals surface area contributed by atoms with Crippen LogP contribution in [0.3, 0.4) is 0 Å². The Labute approximate surface area is 126 Å². The third-order valence-electron chi connectivity index (χ3n) is 3.58. The molecule has 1 N–H and O–H groups in total. The minimum Gasteiger partial charge on any atom is -0.361 e. The summed E-state index contributed by atoms with van der Waals surface area (Å²) < 4.78 is 39.7. The molecule has 0 aromatic heterocycles. The lowest BCUT2D eigenvalue weighted by Gasteiger charge is -2.28. The van der Waals surface area contributed by atoms with E-state index in [0.717, 1.165) is 6.07 Å². The quantitative estimate of drug-likeness (QED) is 0.853. The van der Waals surface area contributed by atoms with Crippen molar-refractivity contribution in [3.05, 3.63) is 57.9 Å². The fourth-order valence-electron chi connectivity index (χ4n) is 2.61. The lowest BCUT2D eigenvalue weighted by atomic mass is 9.79.